The van der Waals surface area contributed by atoms with Crippen molar-refractivity contribution >= 4 is 5.97 Å². The quantitative estimate of drug-likeness (QED) is 0.532. The Labute approximate surface area is 103 Å². The molecule has 0 aromatic heterocycles. The smallest absolute Gasteiger partial charge is 0.325 e. The van der Waals surface area contributed by atoms with E-state index in [1.54, 1.807) is 6.92 Å². The number of esters is 1. The lowest BCUT2D eigenvalue weighted by Crippen LogP contribution is -2.45. The van der Waals surface area contributed by atoms with Gasteiger partial charge in [0, 0.05) is 13.2 Å². The van der Waals surface area contributed by atoms with Crippen LogP contribution in [-0.4, -0.2) is 44.5 Å². The molecular formula is C12H23NO4. The van der Waals surface area contributed by atoms with Gasteiger partial charge in [-0.2, -0.15) is 0 Å². The maximum atomic E-state index is 11.3. The lowest BCUT2D eigenvalue weighted by atomic mass is 9.98. The number of methoxy groups -OCH3 is 1. The zero-order valence-electron chi connectivity index (χ0n) is 10.7. The van der Waals surface area contributed by atoms with E-state index >= 15 is 0 Å². The molecular weight excluding hydrogens is 222 g/mol. The van der Waals surface area contributed by atoms with Crippen molar-refractivity contribution < 1.29 is 19.0 Å². The lowest BCUT2D eigenvalue weighted by Gasteiger charge is -2.21. The highest BCUT2D eigenvalue weighted by atomic mass is 16.5. The summed E-state index contributed by atoms with van der Waals surface area (Å²) in [5.74, 6) is -0.378. The zero-order chi connectivity index (χ0) is 12.7. The molecule has 0 bridgehead atoms. The molecule has 1 saturated heterocycles. The van der Waals surface area contributed by atoms with E-state index in [0.717, 1.165) is 25.9 Å². The van der Waals surface area contributed by atoms with Gasteiger partial charge in [0.15, 0.2) is 0 Å². The summed E-state index contributed by atoms with van der Waals surface area (Å²) in [7, 11) is 1.35. The Morgan fingerprint density at radius 3 is 2.94 bits per heavy atom. The van der Waals surface area contributed by atoms with Crippen molar-refractivity contribution in [2.24, 2.45) is 5.73 Å². The fraction of sp³-hybridized carbons (Fsp3) is 0.917. The van der Waals surface area contributed by atoms with Crippen LogP contribution in [0.2, 0.25) is 0 Å². The van der Waals surface area contributed by atoms with E-state index in [-0.39, 0.29) is 12.1 Å². The standard InChI is InChI=1S/C12H23NO4/c1-12(13,11(14)15-2)6-4-7-16-9-10-5-3-8-17-10/h10H,3-9,13H2,1-2H3. The summed E-state index contributed by atoms with van der Waals surface area (Å²) in [5, 5.41) is 0. The van der Waals surface area contributed by atoms with E-state index in [0.29, 0.717) is 19.6 Å². The van der Waals surface area contributed by atoms with Crippen LogP contribution in [0.3, 0.4) is 0 Å². The largest absolute Gasteiger partial charge is 0.468 e. The van der Waals surface area contributed by atoms with Gasteiger partial charge in [0.25, 0.3) is 0 Å². The van der Waals surface area contributed by atoms with Crippen molar-refractivity contribution in [1.82, 2.24) is 0 Å². The molecule has 1 aliphatic rings. The summed E-state index contributed by atoms with van der Waals surface area (Å²) in [5.41, 5.74) is 4.91. The van der Waals surface area contributed by atoms with Crippen molar-refractivity contribution in [3.8, 4) is 0 Å². The van der Waals surface area contributed by atoms with Crippen LogP contribution in [0.5, 0.6) is 0 Å². The number of ether oxygens (including phenoxy) is 3. The molecule has 0 radical (unpaired) electrons. The number of nitrogens with two attached hydrogens (primary N) is 1. The maximum absolute atomic E-state index is 11.3. The van der Waals surface area contributed by atoms with E-state index in [1.807, 2.05) is 0 Å². The minimum Gasteiger partial charge on any atom is -0.468 e. The topological polar surface area (TPSA) is 70.8 Å². The third-order valence-electron chi connectivity index (χ3n) is 2.96. The van der Waals surface area contributed by atoms with Gasteiger partial charge in [-0.15, -0.1) is 0 Å². The summed E-state index contributed by atoms with van der Waals surface area (Å²) in [4.78, 5) is 11.3. The molecule has 2 atom stereocenters. The molecule has 1 fully saturated rings. The molecule has 0 saturated carbocycles. The van der Waals surface area contributed by atoms with Gasteiger partial charge in [0.2, 0.25) is 0 Å². The highest BCUT2D eigenvalue weighted by Crippen LogP contribution is 2.13. The molecule has 1 rings (SSSR count). The zero-order valence-corrected chi connectivity index (χ0v) is 10.7. The monoisotopic (exact) mass is 245 g/mol. The molecule has 100 valence electrons. The number of hydrogen-bond donors (Lipinski definition) is 1. The van der Waals surface area contributed by atoms with Crippen molar-refractivity contribution in [3.63, 3.8) is 0 Å². The van der Waals surface area contributed by atoms with Gasteiger partial charge in [0.05, 0.1) is 19.8 Å². The minimum atomic E-state index is -0.915. The molecule has 17 heavy (non-hydrogen) atoms. The molecule has 0 spiro atoms. The summed E-state index contributed by atoms with van der Waals surface area (Å²) >= 11 is 0. The van der Waals surface area contributed by atoms with Crippen LogP contribution in [0.4, 0.5) is 0 Å². The fourth-order valence-corrected chi connectivity index (χ4v) is 1.87. The van der Waals surface area contributed by atoms with Gasteiger partial charge in [0.1, 0.15) is 5.54 Å². The second-order valence-electron chi connectivity index (χ2n) is 4.72. The van der Waals surface area contributed by atoms with Crippen LogP contribution in [0.15, 0.2) is 0 Å². The molecule has 1 heterocycles. The van der Waals surface area contributed by atoms with Crippen LogP contribution in [-0.2, 0) is 19.0 Å². The first-order valence-electron chi connectivity index (χ1n) is 6.13. The predicted molar refractivity (Wildman–Crippen MR) is 63.6 cm³/mol. The summed E-state index contributed by atoms with van der Waals surface area (Å²) in [6.45, 7) is 3.76. The number of rotatable bonds is 7. The lowest BCUT2D eigenvalue weighted by molar-refractivity contribution is -0.146. The molecule has 0 amide bonds. The van der Waals surface area contributed by atoms with Gasteiger partial charge < -0.3 is 19.9 Å². The van der Waals surface area contributed by atoms with Gasteiger partial charge >= 0.3 is 5.97 Å². The summed E-state index contributed by atoms with van der Waals surface area (Å²) in [6, 6.07) is 0. The minimum absolute atomic E-state index is 0.250. The Hall–Kier alpha value is -0.650. The van der Waals surface area contributed by atoms with Gasteiger partial charge in [-0.25, -0.2) is 0 Å². The van der Waals surface area contributed by atoms with Crippen molar-refractivity contribution in [3.05, 3.63) is 0 Å². The highest BCUT2D eigenvalue weighted by molar-refractivity contribution is 5.79. The van der Waals surface area contributed by atoms with Crippen molar-refractivity contribution in [2.45, 2.75) is 44.2 Å². The molecule has 2 unspecified atom stereocenters. The van der Waals surface area contributed by atoms with Crippen LogP contribution in [0, 0.1) is 0 Å². The van der Waals surface area contributed by atoms with E-state index in [1.165, 1.54) is 7.11 Å². The number of hydrogen-bond acceptors (Lipinski definition) is 5. The Morgan fingerprint density at radius 2 is 2.35 bits per heavy atom. The third-order valence-corrected chi connectivity index (χ3v) is 2.96. The number of carbonyl (C=O) groups is 1. The molecule has 5 nitrogen and oxygen atoms in total. The first-order valence-corrected chi connectivity index (χ1v) is 6.13. The SMILES string of the molecule is COC(=O)C(C)(N)CCCOCC1CCCO1. The van der Waals surface area contributed by atoms with E-state index in [9.17, 15) is 4.79 Å². The second-order valence-corrected chi connectivity index (χ2v) is 4.72. The van der Waals surface area contributed by atoms with Gasteiger partial charge in [-0.05, 0) is 32.6 Å². The van der Waals surface area contributed by atoms with Crippen molar-refractivity contribution in [1.29, 1.82) is 0 Å². The van der Waals surface area contributed by atoms with Crippen LogP contribution >= 0.6 is 0 Å². The average molecular weight is 245 g/mol. The van der Waals surface area contributed by atoms with E-state index in [2.05, 4.69) is 4.74 Å². The van der Waals surface area contributed by atoms with Crippen molar-refractivity contribution in [2.75, 3.05) is 26.9 Å². The fourth-order valence-electron chi connectivity index (χ4n) is 1.87. The summed E-state index contributed by atoms with van der Waals surface area (Å²) < 4.78 is 15.6. The molecule has 2 N–H and O–H groups in total. The molecule has 0 aromatic rings. The third kappa shape index (κ3) is 5.02. The van der Waals surface area contributed by atoms with E-state index in [4.69, 9.17) is 15.2 Å². The van der Waals surface area contributed by atoms with Crippen LogP contribution in [0.25, 0.3) is 0 Å². The first-order chi connectivity index (χ1) is 8.06. The first kappa shape index (κ1) is 14.4. The van der Waals surface area contributed by atoms with E-state index < -0.39 is 5.54 Å². The Morgan fingerprint density at radius 1 is 1.59 bits per heavy atom. The maximum Gasteiger partial charge on any atom is 0.325 e. The Bertz CT molecular complexity index is 237. The second kappa shape index (κ2) is 6.93. The summed E-state index contributed by atoms with van der Waals surface area (Å²) in [6.07, 6.45) is 3.76. The van der Waals surface area contributed by atoms with Gasteiger partial charge in [-0.3, -0.25) is 4.79 Å². The normalized spacial score (nSPS) is 23.4. The predicted octanol–water partition coefficient (Wildman–Crippen LogP) is 0.853. The van der Waals surface area contributed by atoms with Crippen LogP contribution < -0.4 is 5.73 Å². The molecule has 0 aliphatic carbocycles. The molecule has 1 aliphatic heterocycles. The average Bonchev–Trinajstić information content (AvgIpc) is 2.80. The van der Waals surface area contributed by atoms with Crippen LogP contribution in [0.1, 0.15) is 32.6 Å². The molecule has 5 heteroatoms. The highest BCUT2D eigenvalue weighted by Gasteiger charge is 2.28. The van der Waals surface area contributed by atoms with Gasteiger partial charge in [-0.1, -0.05) is 0 Å². The Kier molecular flexibility index (Phi) is 5.88. The Balaban J connectivity index is 2.04. The number of carbonyl (C=O) groups excluding carboxylic acids is 1. The molecule has 0 aromatic carbocycles.